The Bertz CT molecular complexity index is 732. The highest BCUT2D eigenvalue weighted by Gasteiger charge is 2.41. The van der Waals surface area contributed by atoms with Crippen molar-refractivity contribution in [2.24, 2.45) is 0 Å². The number of thioether (sulfide) groups is 1. The minimum absolute atomic E-state index is 0.0269. The second-order valence-electron chi connectivity index (χ2n) is 5.83. The predicted molar refractivity (Wildman–Crippen MR) is 91.9 cm³/mol. The van der Waals surface area contributed by atoms with Gasteiger partial charge in [0.25, 0.3) is 0 Å². The van der Waals surface area contributed by atoms with E-state index >= 15 is 0 Å². The number of aliphatic hydroxyl groups excluding tert-OH is 1. The maximum atomic E-state index is 11.8. The van der Waals surface area contributed by atoms with Gasteiger partial charge in [0.2, 0.25) is 5.12 Å². The Morgan fingerprint density at radius 1 is 1.00 bits per heavy atom. The summed E-state index contributed by atoms with van der Waals surface area (Å²) in [4.78, 5) is 11.8. The maximum Gasteiger partial charge on any atom is 0.219 e. The summed E-state index contributed by atoms with van der Waals surface area (Å²) >= 11 is 1.22. The molecular weight excluding hydrogens is 292 g/mol. The second kappa shape index (κ2) is 5.65. The zero-order chi connectivity index (χ0) is 15.7. The van der Waals surface area contributed by atoms with Crippen LogP contribution in [-0.2, 0) is 11.2 Å². The molecule has 0 amide bonds. The van der Waals surface area contributed by atoms with E-state index in [1.807, 2.05) is 25.1 Å². The van der Waals surface area contributed by atoms with Gasteiger partial charge < -0.3 is 5.11 Å². The van der Waals surface area contributed by atoms with Crippen LogP contribution in [0.25, 0.3) is 11.1 Å². The van der Waals surface area contributed by atoms with Crippen LogP contribution in [0.2, 0.25) is 0 Å². The lowest BCUT2D eigenvalue weighted by atomic mass is 9.95. The smallest absolute Gasteiger partial charge is 0.219 e. The van der Waals surface area contributed by atoms with Crippen molar-refractivity contribution >= 4 is 16.9 Å². The third-order valence-corrected chi connectivity index (χ3v) is 5.36. The molecule has 0 saturated heterocycles. The Labute approximate surface area is 134 Å². The van der Waals surface area contributed by atoms with Crippen molar-refractivity contribution in [3.05, 3.63) is 71.5 Å². The molecule has 1 unspecified atom stereocenters. The molecule has 0 aromatic heterocycles. The monoisotopic (exact) mass is 310 g/mol. The number of hydrogen-bond donors (Lipinski definition) is 1. The second-order valence-corrected chi connectivity index (χ2v) is 7.31. The van der Waals surface area contributed by atoms with Gasteiger partial charge in [-0.1, -0.05) is 66.4 Å². The summed E-state index contributed by atoms with van der Waals surface area (Å²) in [7, 11) is 0. The lowest BCUT2D eigenvalue weighted by molar-refractivity contribution is -0.107. The summed E-state index contributed by atoms with van der Waals surface area (Å²) in [6, 6.07) is 18.5. The van der Waals surface area contributed by atoms with Gasteiger partial charge in [0.15, 0.2) is 0 Å². The fourth-order valence-corrected chi connectivity index (χ4v) is 3.93. The number of carbonyl (C=O) groups excluding carboxylic acids is 1. The van der Waals surface area contributed by atoms with Gasteiger partial charge in [0.1, 0.15) is 5.76 Å². The van der Waals surface area contributed by atoms with Crippen LogP contribution < -0.4 is 0 Å². The molecule has 112 valence electrons. The molecule has 1 aliphatic heterocycles. The topological polar surface area (TPSA) is 37.3 Å². The Balaban J connectivity index is 1.82. The molecule has 0 fully saturated rings. The third-order valence-electron chi connectivity index (χ3n) is 4.08. The normalized spacial score (nSPS) is 21.5. The van der Waals surface area contributed by atoms with E-state index in [4.69, 9.17) is 0 Å². The van der Waals surface area contributed by atoms with Crippen LogP contribution in [0.3, 0.4) is 0 Å². The molecule has 2 aromatic carbocycles. The van der Waals surface area contributed by atoms with Crippen molar-refractivity contribution in [3.63, 3.8) is 0 Å². The van der Waals surface area contributed by atoms with Crippen molar-refractivity contribution in [2.75, 3.05) is 0 Å². The number of aliphatic hydroxyl groups is 1. The lowest BCUT2D eigenvalue weighted by Crippen LogP contribution is -2.23. The summed E-state index contributed by atoms with van der Waals surface area (Å²) in [5.74, 6) is 0.217. The van der Waals surface area contributed by atoms with Gasteiger partial charge in [0.05, 0.1) is 4.75 Å². The maximum absolute atomic E-state index is 11.8. The van der Waals surface area contributed by atoms with E-state index < -0.39 is 4.75 Å². The lowest BCUT2D eigenvalue weighted by Gasteiger charge is -2.22. The summed E-state index contributed by atoms with van der Waals surface area (Å²) < 4.78 is -0.546. The van der Waals surface area contributed by atoms with Crippen LogP contribution in [0.4, 0.5) is 0 Å². The van der Waals surface area contributed by atoms with Crippen molar-refractivity contribution in [1.82, 2.24) is 0 Å². The molecule has 0 spiro atoms. The fraction of sp³-hybridized carbons (Fsp3) is 0.211. The van der Waals surface area contributed by atoms with Gasteiger partial charge in [-0.05, 0) is 37.0 Å². The molecule has 0 radical (unpaired) electrons. The largest absolute Gasteiger partial charge is 0.510 e. The first-order chi connectivity index (χ1) is 10.5. The van der Waals surface area contributed by atoms with Crippen LogP contribution in [0, 0.1) is 0 Å². The van der Waals surface area contributed by atoms with E-state index in [2.05, 4.69) is 36.4 Å². The summed E-state index contributed by atoms with van der Waals surface area (Å²) in [6.07, 6.45) is 0.641. The number of benzene rings is 2. The summed E-state index contributed by atoms with van der Waals surface area (Å²) in [5.41, 5.74) is 3.95. The minimum atomic E-state index is -0.546. The van der Waals surface area contributed by atoms with Crippen LogP contribution in [0.15, 0.2) is 65.9 Å². The van der Waals surface area contributed by atoms with Crippen molar-refractivity contribution < 1.29 is 9.90 Å². The molecule has 1 aliphatic rings. The molecule has 3 rings (SSSR count). The van der Waals surface area contributed by atoms with Crippen LogP contribution >= 0.6 is 11.8 Å². The van der Waals surface area contributed by atoms with E-state index in [9.17, 15) is 9.90 Å². The van der Waals surface area contributed by atoms with E-state index in [1.54, 1.807) is 6.92 Å². The Morgan fingerprint density at radius 2 is 1.59 bits per heavy atom. The van der Waals surface area contributed by atoms with Gasteiger partial charge in [-0.25, -0.2) is 0 Å². The molecule has 1 heterocycles. The Morgan fingerprint density at radius 3 is 2.14 bits per heavy atom. The molecular formula is C19H18O2S. The van der Waals surface area contributed by atoms with Crippen molar-refractivity contribution in [3.8, 4) is 11.1 Å². The molecule has 2 aromatic rings. The average molecular weight is 310 g/mol. The Kier molecular flexibility index (Phi) is 3.83. The molecule has 22 heavy (non-hydrogen) atoms. The fourth-order valence-electron chi connectivity index (χ4n) is 2.78. The van der Waals surface area contributed by atoms with Gasteiger partial charge >= 0.3 is 0 Å². The SMILES string of the molecule is CC1=C(O)C(C)(Cc2ccc(-c3ccccc3)cc2)SC1=O. The van der Waals surface area contributed by atoms with Crippen LogP contribution in [-0.4, -0.2) is 15.0 Å². The van der Waals surface area contributed by atoms with Crippen molar-refractivity contribution in [1.29, 1.82) is 0 Å². The van der Waals surface area contributed by atoms with Crippen LogP contribution in [0.1, 0.15) is 19.4 Å². The molecule has 0 saturated carbocycles. The first kappa shape index (κ1) is 14.9. The zero-order valence-electron chi connectivity index (χ0n) is 12.7. The predicted octanol–water partition coefficient (Wildman–Crippen LogP) is 4.76. The van der Waals surface area contributed by atoms with E-state index in [0.29, 0.717) is 12.0 Å². The molecule has 3 heteroatoms. The highest BCUT2D eigenvalue weighted by Crippen LogP contribution is 2.44. The zero-order valence-corrected chi connectivity index (χ0v) is 13.5. The van der Waals surface area contributed by atoms with E-state index in [0.717, 1.165) is 5.56 Å². The van der Waals surface area contributed by atoms with Gasteiger partial charge in [-0.3, -0.25) is 4.79 Å². The summed E-state index contributed by atoms with van der Waals surface area (Å²) in [6.45, 7) is 3.61. The number of carbonyl (C=O) groups is 1. The minimum Gasteiger partial charge on any atom is -0.510 e. The van der Waals surface area contributed by atoms with Crippen LogP contribution in [0.5, 0.6) is 0 Å². The van der Waals surface area contributed by atoms with Gasteiger partial charge in [-0.2, -0.15) is 0 Å². The van der Waals surface area contributed by atoms with Crippen molar-refractivity contribution in [2.45, 2.75) is 25.0 Å². The molecule has 1 N–H and O–H groups in total. The quantitative estimate of drug-likeness (QED) is 0.888. The number of hydrogen-bond acceptors (Lipinski definition) is 3. The molecule has 0 bridgehead atoms. The van der Waals surface area contributed by atoms with E-state index in [1.165, 1.54) is 22.9 Å². The molecule has 1 atom stereocenters. The molecule has 0 aliphatic carbocycles. The highest BCUT2D eigenvalue weighted by molar-refractivity contribution is 8.15. The summed E-state index contributed by atoms with van der Waals surface area (Å²) in [5, 5.41) is 10.2. The Hall–Kier alpha value is -2.00. The number of rotatable bonds is 3. The third kappa shape index (κ3) is 2.69. The average Bonchev–Trinajstić information content (AvgIpc) is 2.72. The van der Waals surface area contributed by atoms with E-state index in [-0.39, 0.29) is 10.9 Å². The first-order valence-corrected chi connectivity index (χ1v) is 8.09. The standard InChI is InChI=1S/C19H18O2S/c1-13-17(20)19(2,22-18(13)21)12-14-8-10-16(11-9-14)15-6-4-3-5-7-15/h3-11,20H,12H2,1-2H3. The molecule has 2 nitrogen and oxygen atoms in total. The van der Waals surface area contributed by atoms with Gasteiger partial charge in [0, 0.05) is 5.57 Å². The van der Waals surface area contributed by atoms with Gasteiger partial charge in [-0.15, -0.1) is 0 Å². The highest BCUT2D eigenvalue weighted by atomic mass is 32.2. The first-order valence-electron chi connectivity index (χ1n) is 7.28.